The van der Waals surface area contributed by atoms with E-state index >= 15 is 0 Å². The number of aromatic nitrogens is 1. The summed E-state index contributed by atoms with van der Waals surface area (Å²) < 4.78 is 48.6. The summed E-state index contributed by atoms with van der Waals surface area (Å²) in [6, 6.07) is 9.87. The van der Waals surface area contributed by atoms with Gasteiger partial charge in [0.2, 0.25) is 5.06 Å². The van der Waals surface area contributed by atoms with Crippen LogP contribution >= 0.6 is 23.1 Å². The van der Waals surface area contributed by atoms with E-state index in [2.05, 4.69) is 9.37 Å². The molecule has 0 fully saturated rings. The first-order valence-electron chi connectivity index (χ1n) is 9.43. The highest BCUT2D eigenvalue weighted by atomic mass is 35.5. The van der Waals surface area contributed by atoms with Gasteiger partial charge in [0.1, 0.15) is 23.1 Å². The van der Waals surface area contributed by atoms with Crippen molar-refractivity contribution in [1.29, 1.82) is 5.26 Å². The average Bonchev–Trinajstić information content (AvgIpc) is 3.16. The minimum Gasteiger partial charge on any atom is -0.443 e. The van der Waals surface area contributed by atoms with Crippen molar-refractivity contribution in [2.45, 2.75) is 20.0 Å². The molecule has 166 valence electrons. The lowest BCUT2D eigenvalue weighted by atomic mass is 10.1. The second-order valence-corrected chi connectivity index (χ2v) is 8.01. The quantitative estimate of drug-likeness (QED) is 0.281. The summed E-state index contributed by atoms with van der Waals surface area (Å²) in [7, 11) is 1.89. The molecule has 3 rings (SSSR count). The Morgan fingerprint density at radius 1 is 1.28 bits per heavy atom. The van der Waals surface area contributed by atoms with Gasteiger partial charge in [0.15, 0.2) is 0 Å². The normalized spacial score (nSPS) is 11.6. The second-order valence-electron chi connectivity index (χ2n) is 6.87. The lowest BCUT2D eigenvalue weighted by Gasteiger charge is -2.11. The van der Waals surface area contributed by atoms with Gasteiger partial charge in [-0.15, -0.1) is 0 Å². The number of rotatable bonds is 6. The Kier molecular flexibility index (Phi) is 7.06. The molecule has 0 N–H and O–H groups in total. The minimum atomic E-state index is -4.44. The van der Waals surface area contributed by atoms with Gasteiger partial charge in [0.25, 0.3) is 0 Å². The van der Waals surface area contributed by atoms with Crippen molar-refractivity contribution in [3.8, 4) is 28.1 Å². The molecule has 0 spiro atoms. The summed E-state index contributed by atoms with van der Waals surface area (Å²) in [5, 5.41) is 10.2. The van der Waals surface area contributed by atoms with E-state index < -0.39 is 11.7 Å². The van der Waals surface area contributed by atoms with Gasteiger partial charge in [-0.1, -0.05) is 23.7 Å². The lowest BCUT2D eigenvalue weighted by Crippen LogP contribution is -2.14. The number of benzene rings is 2. The first kappa shape index (κ1) is 23.6. The highest BCUT2D eigenvalue weighted by Gasteiger charge is 2.30. The number of nitrogens with zero attached hydrogens (tertiary/aromatic N) is 4. The molecule has 1 heterocycles. The van der Waals surface area contributed by atoms with E-state index in [4.69, 9.17) is 16.3 Å². The number of alkyl halides is 3. The molecule has 0 aliphatic rings. The molecule has 32 heavy (non-hydrogen) atoms. The van der Waals surface area contributed by atoms with Crippen LogP contribution in [-0.4, -0.2) is 29.2 Å². The number of ether oxygens (including phenoxy) is 1. The topological polar surface area (TPSA) is 61.5 Å². The fourth-order valence-electron chi connectivity index (χ4n) is 2.66. The van der Waals surface area contributed by atoms with Crippen molar-refractivity contribution < 1.29 is 17.9 Å². The molecule has 2 aromatic carbocycles. The number of nitriles is 1. The van der Waals surface area contributed by atoms with Gasteiger partial charge in [0.05, 0.1) is 22.6 Å². The van der Waals surface area contributed by atoms with Crippen molar-refractivity contribution >= 4 is 35.2 Å². The van der Waals surface area contributed by atoms with Crippen LogP contribution in [0.3, 0.4) is 0 Å². The highest BCUT2D eigenvalue weighted by Crippen LogP contribution is 2.40. The number of aryl methyl sites for hydroxylation is 1. The van der Waals surface area contributed by atoms with E-state index in [-0.39, 0.29) is 16.3 Å². The SMILES string of the molecule is CCN(C)C=Nc1cc(C)c(Oc2snc(-c3ccc(C(F)(F)F)cc3)c2C#N)cc1Cl. The number of halogens is 4. The molecule has 0 bridgehead atoms. The molecular weight excluding hydrogens is 461 g/mol. The van der Waals surface area contributed by atoms with Crippen LogP contribution in [0, 0.1) is 18.3 Å². The van der Waals surface area contributed by atoms with Crippen LogP contribution in [0.25, 0.3) is 11.3 Å². The number of hydrogen-bond acceptors (Lipinski definition) is 5. The van der Waals surface area contributed by atoms with Crippen molar-refractivity contribution in [2.24, 2.45) is 4.99 Å². The van der Waals surface area contributed by atoms with Crippen LogP contribution in [0.15, 0.2) is 41.4 Å². The zero-order valence-electron chi connectivity index (χ0n) is 17.4. The third-order valence-electron chi connectivity index (χ3n) is 4.60. The van der Waals surface area contributed by atoms with E-state index in [1.807, 2.05) is 31.9 Å². The number of aliphatic imine (C=N–C) groups is 1. The number of hydrogen-bond donors (Lipinski definition) is 0. The summed E-state index contributed by atoms with van der Waals surface area (Å²) in [6.45, 7) is 4.61. The Labute approximate surface area is 192 Å². The summed E-state index contributed by atoms with van der Waals surface area (Å²) in [6.07, 6.45) is -2.76. The van der Waals surface area contributed by atoms with E-state index in [1.54, 1.807) is 18.5 Å². The van der Waals surface area contributed by atoms with Crippen LogP contribution in [0.5, 0.6) is 10.8 Å². The maximum Gasteiger partial charge on any atom is 0.416 e. The maximum atomic E-state index is 12.8. The van der Waals surface area contributed by atoms with Gasteiger partial charge >= 0.3 is 6.18 Å². The predicted molar refractivity (Wildman–Crippen MR) is 120 cm³/mol. The molecule has 0 unspecified atom stereocenters. The average molecular weight is 479 g/mol. The van der Waals surface area contributed by atoms with Crippen molar-refractivity contribution in [2.75, 3.05) is 13.6 Å². The maximum absolute atomic E-state index is 12.8. The van der Waals surface area contributed by atoms with E-state index in [0.29, 0.717) is 22.0 Å². The Morgan fingerprint density at radius 2 is 1.97 bits per heavy atom. The standard InChI is InChI=1S/C22H18ClF3N4OS/c1-4-30(3)12-28-18-9-13(2)19(10-17(18)23)31-21-16(11-27)20(29-32-21)14-5-7-15(8-6-14)22(24,25)26/h5-10,12H,4H2,1-3H3. The molecule has 0 amide bonds. The first-order chi connectivity index (χ1) is 15.1. The zero-order valence-corrected chi connectivity index (χ0v) is 18.9. The lowest BCUT2D eigenvalue weighted by molar-refractivity contribution is -0.137. The first-order valence-corrected chi connectivity index (χ1v) is 10.6. The van der Waals surface area contributed by atoms with Crippen molar-refractivity contribution in [3.05, 3.63) is 58.1 Å². The van der Waals surface area contributed by atoms with Gasteiger partial charge in [-0.05, 0) is 37.6 Å². The van der Waals surface area contributed by atoms with Crippen molar-refractivity contribution in [1.82, 2.24) is 9.27 Å². The molecule has 0 saturated heterocycles. The molecule has 10 heteroatoms. The molecule has 0 aliphatic heterocycles. The Bertz CT molecular complexity index is 1180. The molecule has 3 aromatic rings. The summed E-state index contributed by atoms with van der Waals surface area (Å²) in [5.41, 5.74) is 1.33. The third kappa shape index (κ3) is 5.21. The zero-order chi connectivity index (χ0) is 23.5. The van der Waals surface area contributed by atoms with Crippen LogP contribution in [0.4, 0.5) is 18.9 Å². The van der Waals surface area contributed by atoms with E-state index in [0.717, 1.165) is 35.8 Å². The largest absolute Gasteiger partial charge is 0.443 e. The summed E-state index contributed by atoms with van der Waals surface area (Å²) in [4.78, 5) is 6.26. The molecule has 0 aliphatic carbocycles. The minimum absolute atomic E-state index is 0.136. The van der Waals surface area contributed by atoms with Crippen LogP contribution in [0.2, 0.25) is 5.02 Å². The Balaban J connectivity index is 1.89. The van der Waals surface area contributed by atoms with Crippen LogP contribution in [-0.2, 0) is 6.18 Å². The predicted octanol–water partition coefficient (Wildman–Crippen LogP) is 7.07. The molecule has 0 saturated carbocycles. The van der Waals surface area contributed by atoms with Gasteiger partial charge in [-0.2, -0.15) is 22.8 Å². The monoisotopic (exact) mass is 478 g/mol. The molecule has 0 radical (unpaired) electrons. The van der Waals surface area contributed by atoms with Gasteiger partial charge in [0, 0.05) is 36.8 Å². The van der Waals surface area contributed by atoms with Crippen LogP contribution in [0.1, 0.15) is 23.6 Å². The summed E-state index contributed by atoms with van der Waals surface area (Å²) >= 11 is 7.28. The summed E-state index contributed by atoms with van der Waals surface area (Å²) in [5.74, 6) is 0.428. The van der Waals surface area contributed by atoms with Crippen LogP contribution < -0.4 is 4.74 Å². The van der Waals surface area contributed by atoms with Gasteiger partial charge < -0.3 is 9.64 Å². The van der Waals surface area contributed by atoms with Crippen molar-refractivity contribution in [3.63, 3.8) is 0 Å². The molecular formula is C22H18ClF3N4OS. The fourth-order valence-corrected chi connectivity index (χ4v) is 3.59. The van der Waals surface area contributed by atoms with Gasteiger partial charge in [-0.3, -0.25) is 0 Å². The molecule has 5 nitrogen and oxygen atoms in total. The van der Waals surface area contributed by atoms with E-state index in [9.17, 15) is 18.4 Å². The molecule has 0 atom stereocenters. The Morgan fingerprint density at radius 3 is 2.56 bits per heavy atom. The third-order valence-corrected chi connectivity index (χ3v) is 5.63. The van der Waals surface area contributed by atoms with E-state index in [1.165, 1.54) is 12.1 Å². The molecule has 1 aromatic heterocycles. The second kappa shape index (κ2) is 9.59. The smallest absolute Gasteiger partial charge is 0.416 e. The Hall–Kier alpha value is -3.09. The fraction of sp³-hybridized carbons (Fsp3) is 0.227. The van der Waals surface area contributed by atoms with Gasteiger partial charge in [-0.25, -0.2) is 4.99 Å². The highest BCUT2D eigenvalue weighted by molar-refractivity contribution is 7.08.